The fourth-order valence-electron chi connectivity index (χ4n) is 2.36. The van der Waals surface area contributed by atoms with Gasteiger partial charge < -0.3 is 4.74 Å². The van der Waals surface area contributed by atoms with Crippen molar-refractivity contribution in [3.8, 4) is 5.75 Å². The van der Waals surface area contributed by atoms with E-state index in [1.165, 1.54) is 0 Å². The van der Waals surface area contributed by atoms with E-state index in [4.69, 9.17) is 4.74 Å². The second kappa shape index (κ2) is 5.51. The van der Waals surface area contributed by atoms with Crippen LogP contribution in [-0.2, 0) is 10.0 Å². The Morgan fingerprint density at radius 2 is 1.89 bits per heavy atom. The molecule has 2 rings (SSSR count). The molecular weight excluding hydrogens is 262 g/mol. The molecule has 0 radical (unpaired) electrons. The van der Waals surface area contributed by atoms with Crippen molar-refractivity contribution in [1.82, 2.24) is 4.31 Å². The van der Waals surface area contributed by atoms with Crippen LogP contribution < -0.4 is 4.74 Å². The van der Waals surface area contributed by atoms with Gasteiger partial charge in [-0.3, -0.25) is 0 Å². The molecule has 106 valence electrons. The number of hydrogen-bond acceptors (Lipinski definition) is 3. The molecule has 0 bridgehead atoms. The Balaban J connectivity index is 2.21. The van der Waals surface area contributed by atoms with Crippen molar-refractivity contribution in [3.63, 3.8) is 0 Å². The van der Waals surface area contributed by atoms with E-state index in [1.54, 1.807) is 28.6 Å². The Bertz CT molecular complexity index is 522. The van der Waals surface area contributed by atoms with Crippen LogP contribution in [0.2, 0.25) is 0 Å². The predicted molar refractivity (Wildman–Crippen MR) is 74.8 cm³/mol. The van der Waals surface area contributed by atoms with Crippen molar-refractivity contribution >= 4 is 10.0 Å². The summed E-state index contributed by atoms with van der Waals surface area (Å²) in [5.74, 6) is 0.698. The Hall–Kier alpha value is -1.07. The van der Waals surface area contributed by atoms with Gasteiger partial charge in [-0.1, -0.05) is 0 Å². The van der Waals surface area contributed by atoms with E-state index in [1.807, 2.05) is 20.8 Å². The largest absolute Gasteiger partial charge is 0.491 e. The lowest BCUT2D eigenvalue weighted by atomic mass is 10.3. The Labute approximate surface area is 115 Å². The van der Waals surface area contributed by atoms with Crippen molar-refractivity contribution in [2.75, 3.05) is 6.54 Å². The molecule has 0 aliphatic carbocycles. The number of ether oxygens (including phenoxy) is 1. The maximum absolute atomic E-state index is 12.5. The van der Waals surface area contributed by atoms with E-state index in [2.05, 4.69) is 0 Å². The molecule has 4 nitrogen and oxygen atoms in total. The van der Waals surface area contributed by atoms with E-state index in [0.717, 1.165) is 12.8 Å². The molecule has 1 aromatic carbocycles. The second-order valence-electron chi connectivity index (χ2n) is 5.25. The molecular formula is C14H21NO3S. The fraction of sp³-hybridized carbons (Fsp3) is 0.571. The molecule has 0 saturated carbocycles. The number of benzene rings is 1. The summed E-state index contributed by atoms with van der Waals surface area (Å²) in [4.78, 5) is 0.345. The molecule has 0 amide bonds. The second-order valence-corrected chi connectivity index (χ2v) is 7.14. The quantitative estimate of drug-likeness (QED) is 0.853. The summed E-state index contributed by atoms with van der Waals surface area (Å²) in [7, 11) is -3.36. The van der Waals surface area contributed by atoms with Gasteiger partial charge in [-0.25, -0.2) is 8.42 Å². The highest BCUT2D eigenvalue weighted by molar-refractivity contribution is 7.89. The summed E-state index contributed by atoms with van der Waals surface area (Å²) in [5, 5.41) is 0. The van der Waals surface area contributed by atoms with Crippen LogP contribution in [0.25, 0.3) is 0 Å². The smallest absolute Gasteiger partial charge is 0.243 e. The van der Waals surface area contributed by atoms with Crippen LogP contribution in [0.4, 0.5) is 0 Å². The van der Waals surface area contributed by atoms with Gasteiger partial charge in [0.1, 0.15) is 5.75 Å². The molecule has 1 aliphatic heterocycles. The van der Waals surface area contributed by atoms with E-state index >= 15 is 0 Å². The first-order valence-corrected chi connectivity index (χ1v) is 8.14. The highest BCUT2D eigenvalue weighted by Gasteiger charge is 2.32. The molecule has 1 saturated heterocycles. The average Bonchev–Trinajstić information content (AvgIpc) is 2.76. The zero-order valence-electron chi connectivity index (χ0n) is 11.7. The third kappa shape index (κ3) is 3.09. The van der Waals surface area contributed by atoms with Crippen LogP contribution in [0.15, 0.2) is 29.2 Å². The number of nitrogens with zero attached hydrogens (tertiary/aromatic N) is 1. The van der Waals surface area contributed by atoms with Gasteiger partial charge in [0.05, 0.1) is 11.0 Å². The van der Waals surface area contributed by atoms with E-state index in [0.29, 0.717) is 17.2 Å². The first-order valence-electron chi connectivity index (χ1n) is 6.70. The molecule has 1 fully saturated rings. The minimum atomic E-state index is -3.36. The molecule has 1 aliphatic rings. The maximum atomic E-state index is 12.5. The first-order chi connectivity index (χ1) is 8.91. The molecule has 0 spiro atoms. The summed E-state index contributed by atoms with van der Waals surface area (Å²) < 4.78 is 32.0. The van der Waals surface area contributed by atoms with Gasteiger partial charge in [0.15, 0.2) is 0 Å². The van der Waals surface area contributed by atoms with Crippen molar-refractivity contribution < 1.29 is 13.2 Å². The average molecular weight is 283 g/mol. The van der Waals surface area contributed by atoms with Gasteiger partial charge in [-0.15, -0.1) is 0 Å². The van der Waals surface area contributed by atoms with Crippen LogP contribution in [0.3, 0.4) is 0 Å². The third-order valence-electron chi connectivity index (χ3n) is 3.29. The third-order valence-corrected chi connectivity index (χ3v) is 5.32. The molecule has 19 heavy (non-hydrogen) atoms. The van der Waals surface area contributed by atoms with Crippen LogP contribution in [-0.4, -0.2) is 31.4 Å². The van der Waals surface area contributed by atoms with Crippen LogP contribution in [0.1, 0.15) is 33.6 Å². The van der Waals surface area contributed by atoms with Gasteiger partial charge in [-0.05, 0) is 57.9 Å². The van der Waals surface area contributed by atoms with Gasteiger partial charge in [0.2, 0.25) is 10.0 Å². The zero-order chi connectivity index (χ0) is 14.0. The minimum Gasteiger partial charge on any atom is -0.491 e. The summed E-state index contributed by atoms with van der Waals surface area (Å²) in [6.45, 7) is 6.46. The highest BCUT2D eigenvalue weighted by atomic mass is 32.2. The lowest BCUT2D eigenvalue weighted by Gasteiger charge is -2.21. The molecule has 0 unspecified atom stereocenters. The lowest BCUT2D eigenvalue weighted by Crippen LogP contribution is -2.33. The van der Waals surface area contributed by atoms with Crippen molar-refractivity contribution in [2.24, 2.45) is 0 Å². The van der Waals surface area contributed by atoms with E-state index < -0.39 is 10.0 Å². The van der Waals surface area contributed by atoms with Gasteiger partial charge in [0.25, 0.3) is 0 Å². The van der Waals surface area contributed by atoms with Crippen molar-refractivity contribution in [1.29, 1.82) is 0 Å². The van der Waals surface area contributed by atoms with Gasteiger partial charge >= 0.3 is 0 Å². The highest BCUT2D eigenvalue weighted by Crippen LogP contribution is 2.26. The van der Waals surface area contributed by atoms with E-state index in [9.17, 15) is 8.42 Å². The number of rotatable bonds is 4. The summed E-state index contributed by atoms with van der Waals surface area (Å²) in [6, 6.07) is 6.77. The van der Waals surface area contributed by atoms with Gasteiger partial charge in [0, 0.05) is 12.6 Å². The predicted octanol–water partition coefficient (Wildman–Crippen LogP) is 2.65. The zero-order valence-corrected chi connectivity index (χ0v) is 12.5. The number of hydrogen-bond donors (Lipinski definition) is 0. The normalized spacial score (nSPS) is 20.9. The van der Waals surface area contributed by atoms with Crippen molar-refractivity contribution in [3.05, 3.63) is 24.3 Å². The standard InChI is InChI=1S/C14H21NO3S/c1-11(2)18-13-6-8-14(9-7-13)19(16,17)15-10-4-5-12(15)3/h6-9,11-12H,4-5,10H2,1-3H3/t12-/m0/s1. The van der Waals surface area contributed by atoms with Crippen LogP contribution >= 0.6 is 0 Å². The Kier molecular flexibility index (Phi) is 4.16. The first kappa shape index (κ1) is 14.3. The molecule has 0 N–H and O–H groups in total. The molecule has 1 aromatic rings. The summed E-state index contributed by atoms with van der Waals surface area (Å²) in [5.41, 5.74) is 0. The van der Waals surface area contributed by atoms with Crippen LogP contribution in [0.5, 0.6) is 5.75 Å². The molecule has 5 heteroatoms. The maximum Gasteiger partial charge on any atom is 0.243 e. The lowest BCUT2D eigenvalue weighted by molar-refractivity contribution is 0.242. The molecule has 0 aromatic heterocycles. The summed E-state index contributed by atoms with van der Waals surface area (Å²) in [6.07, 6.45) is 1.96. The SMILES string of the molecule is CC(C)Oc1ccc(S(=O)(=O)N2CCC[C@@H]2C)cc1. The number of sulfonamides is 1. The van der Waals surface area contributed by atoms with Gasteiger partial charge in [-0.2, -0.15) is 4.31 Å². The van der Waals surface area contributed by atoms with E-state index in [-0.39, 0.29) is 12.1 Å². The summed E-state index contributed by atoms with van der Waals surface area (Å²) >= 11 is 0. The fourth-order valence-corrected chi connectivity index (χ4v) is 4.06. The Morgan fingerprint density at radius 1 is 1.26 bits per heavy atom. The minimum absolute atomic E-state index is 0.0843. The topological polar surface area (TPSA) is 46.6 Å². The Morgan fingerprint density at radius 3 is 2.37 bits per heavy atom. The monoisotopic (exact) mass is 283 g/mol. The molecule has 1 heterocycles. The molecule has 1 atom stereocenters. The van der Waals surface area contributed by atoms with Crippen LogP contribution in [0, 0.1) is 0 Å². The van der Waals surface area contributed by atoms with Crippen molar-refractivity contribution in [2.45, 2.75) is 50.7 Å².